The number of benzene rings is 2. The maximum atomic E-state index is 13.0. The first-order valence-electron chi connectivity index (χ1n) is 7.14. The highest BCUT2D eigenvalue weighted by Gasteiger charge is 2.38. The number of nitrogens with one attached hydrogen (secondary N) is 2. The molecule has 0 spiro atoms. The average Bonchev–Trinajstić information content (AvgIpc) is 2.51. The Kier molecular flexibility index (Phi) is 5.98. The summed E-state index contributed by atoms with van der Waals surface area (Å²) in [4.78, 5) is 0. The zero-order chi connectivity index (χ0) is 15.8. The van der Waals surface area contributed by atoms with Gasteiger partial charge in [-0.25, -0.2) is 0 Å². The molecule has 0 saturated carbocycles. The van der Waals surface area contributed by atoms with Gasteiger partial charge in [-0.1, -0.05) is 60.7 Å². The van der Waals surface area contributed by atoms with E-state index in [0.717, 1.165) is 11.1 Å². The van der Waals surface area contributed by atoms with Crippen molar-refractivity contribution in [2.75, 3.05) is 6.54 Å². The van der Waals surface area contributed by atoms with Gasteiger partial charge in [0.2, 0.25) is 0 Å². The summed E-state index contributed by atoms with van der Waals surface area (Å²) in [7, 11) is 0. The molecule has 2 aromatic rings. The summed E-state index contributed by atoms with van der Waals surface area (Å²) in [5.74, 6) is 0. The monoisotopic (exact) mass is 308 g/mol. The van der Waals surface area contributed by atoms with Gasteiger partial charge in [-0.3, -0.25) is 0 Å². The van der Waals surface area contributed by atoms with Gasteiger partial charge in [0.15, 0.2) is 0 Å². The van der Waals surface area contributed by atoms with Gasteiger partial charge in [-0.15, -0.1) is 0 Å². The van der Waals surface area contributed by atoms with Crippen molar-refractivity contribution in [3.05, 3.63) is 71.8 Å². The van der Waals surface area contributed by atoms with Crippen LogP contribution in [0.5, 0.6) is 0 Å². The van der Waals surface area contributed by atoms with Gasteiger partial charge in [0, 0.05) is 19.6 Å². The largest absolute Gasteiger partial charge is 0.405 e. The van der Waals surface area contributed by atoms with E-state index >= 15 is 0 Å². The first kappa shape index (κ1) is 16.5. The predicted molar refractivity (Wildman–Crippen MR) is 81.3 cm³/mol. The average molecular weight is 308 g/mol. The molecule has 0 amide bonds. The number of halogens is 3. The molecule has 2 rings (SSSR count). The SMILES string of the molecule is FC(F)(F)C(CNCc1ccccc1)NCc1ccccc1. The minimum absolute atomic E-state index is 0.161. The van der Waals surface area contributed by atoms with E-state index in [1.807, 2.05) is 48.5 Å². The molecule has 2 nitrogen and oxygen atoms in total. The van der Waals surface area contributed by atoms with Crippen molar-refractivity contribution >= 4 is 0 Å². The third-order valence-corrected chi connectivity index (χ3v) is 3.31. The number of hydrogen-bond acceptors (Lipinski definition) is 2. The molecule has 0 aliphatic heterocycles. The standard InChI is InChI=1S/C17H19F3N2/c18-17(19,20)16(22-12-15-9-5-2-6-10-15)13-21-11-14-7-3-1-4-8-14/h1-10,16,21-22H,11-13H2. The molecule has 5 heteroatoms. The molecular formula is C17H19F3N2. The molecule has 0 aliphatic rings. The minimum atomic E-state index is -4.28. The molecule has 1 unspecified atom stereocenters. The Morgan fingerprint density at radius 2 is 1.27 bits per heavy atom. The minimum Gasteiger partial charge on any atom is -0.311 e. The van der Waals surface area contributed by atoms with Gasteiger partial charge < -0.3 is 10.6 Å². The number of hydrogen-bond donors (Lipinski definition) is 2. The molecule has 1 atom stereocenters. The third-order valence-electron chi connectivity index (χ3n) is 3.31. The van der Waals surface area contributed by atoms with Crippen LogP contribution in [0.2, 0.25) is 0 Å². The van der Waals surface area contributed by atoms with E-state index in [4.69, 9.17) is 0 Å². The molecule has 0 saturated heterocycles. The van der Waals surface area contributed by atoms with Crippen molar-refractivity contribution in [2.24, 2.45) is 0 Å². The van der Waals surface area contributed by atoms with Crippen molar-refractivity contribution in [1.82, 2.24) is 10.6 Å². The van der Waals surface area contributed by atoms with Gasteiger partial charge in [0.05, 0.1) is 0 Å². The highest BCUT2D eigenvalue weighted by Crippen LogP contribution is 2.20. The van der Waals surface area contributed by atoms with E-state index in [0.29, 0.717) is 6.54 Å². The lowest BCUT2D eigenvalue weighted by Gasteiger charge is -2.22. The quantitative estimate of drug-likeness (QED) is 0.818. The van der Waals surface area contributed by atoms with Crippen LogP contribution in [0.4, 0.5) is 13.2 Å². The van der Waals surface area contributed by atoms with Crippen LogP contribution in [-0.2, 0) is 13.1 Å². The fraction of sp³-hybridized carbons (Fsp3) is 0.294. The third kappa shape index (κ3) is 5.50. The number of alkyl halides is 3. The highest BCUT2D eigenvalue weighted by atomic mass is 19.4. The summed E-state index contributed by atoms with van der Waals surface area (Å²) in [6.07, 6.45) is -4.28. The smallest absolute Gasteiger partial charge is 0.311 e. The van der Waals surface area contributed by atoms with Crippen LogP contribution in [0.1, 0.15) is 11.1 Å². The van der Waals surface area contributed by atoms with Crippen molar-refractivity contribution in [1.29, 1.82) is 0 Å². The molecule has 0 bridgehead atoms. The van der Waals surface area contributed by atoms with E-state index in [-0.39, 0.29) is 13.1 Å². The summed E-state index contributed by atoms with van der Waals surface area (Å²) in [6, 6.07) is 16.9. The molecule has 0 heterocycles. The Labute approximate surface area is 128 Å². The maximum absolute atomic E-state index is 13.0. The van der Waals surface area contributed by atoms with Crippen molar-refractivity contribution in [2.45, 2.75) is 25.3 Å². The van der Waals surface area contributed by atoms with E-state index < -0.39 is 12.2 Å². The summed E-state index contributed by atoms with van der Waals surface area (Å²) < 4.78 is 39.1. The fourth-order valence-corrected chi connectivity index (χ4v) is 2.10. The van der Waals surface area contributed by atoms with Crippen molar-refractivity contribution < 1.29 is 13.2 Å². The van der Waals surface area contributed by atoms with Crippen LogP contribution in [0.3, 0.4) is 0 Å². The summed E-state index contributed by atoms with van der Waals surface area (Å²) in [6.45, 7) is 0.448. The predicted octanol–water partition coefficient (Wildman–Crippen LogP) is 3.50. The Morgan fingerprint density at radius 3 is 1.77 bits per heavy atom. The topological polar surface area (TPSA) is 24.1 Å². The molecule has 2 N–H and O–H groups in total. The molecule has 0 aromatic heterocycles. The Hall–Kier alpha value is -1.85. The lowest BCUT2D eigenvalue weighted by molar-refractivity contribution is -0.155. The van der Waals surface area contributed by atoms with Gasteiger partial charge >= 0.3 is 6.18 Å². The van der Waals surface area contributed by atoms with E-state index in [1.165, 1.54) is 0 Å². The number of rotatable bonds is 7. The van der Waals surface area contributed by atoms with Crippen LogP contribution in [0.15, 0.2) is 60.7 Å². The molecular weight excluding hydrogens is 289 g/mol. The molecule has 0 radical (unpaired) electrons. The highest BCUT2D eigenvalue weighted by molar-refractivity contribution is 5.15. The molecule has 22 heavy (non-hydrogen) atoms. The van der Waals surface area contributed by atoms with Crippen LogP contribution in [-0.4, -0.2) is 18.8 Å². The van der Waals surface area contributed by atoms with Crippen LogP contribution in [0, 0.1) is 0 Å². The van der Waals surface area contributed by atoms with Gasteiger partial charge in [-0.05, 0) is 11.1 Å². The van der Waals surface area contributed by atoms with Crippen LogP contribution in [0.25, 0.3) is 0 Å². The van der Waals surface area contributed by atoms with Gasteiger partial charge in [0.1, 0.15) is 6.04 Å². The summed E-state index contributed by atoms with van der Waals surface area (Å²) in [5.41, 5.74) is 1.80. The zero-order valence-electron chi connectivity index (χ0n) is 12.1. The second-order valence-corrected chi connectivity index (χ2v) is 5.08. The lowest BCUT2D eigenvalue weighted by Crippen LogP contribution is -2.48. The maximum Gasteiger partial charge on any atom is 0.405 e. The second-order valence-electron chi connectivity index (χ2n) is 5.08. The van der Waals surface area contributed by atoms with Crippen LogP contribution < -0.4 is 10.6 Å². The van der Waals surface area contributed by atoms with Crippen molar-refractivity contribution in [3.63, 3.8) is 0 Å². The van der Waals surface area contributed by atoms with E-state index in [2.05, 4.69) is 10.6 Å². The normalized spacial score (nSPS) is 13.0. The van der Waals surface area contributed by atoms with Gasteiger partial charge in [-0.2, -0.15) is 13.2 Å². The van der Waals surface area contributed by atoms with E-state index in [1.54, 1.807) is 12.1 Å². The molecule has 118 valence electrons. The Balaban J connectivity index is 1.84. The van der Waals surface area contributed by atoms with Gasteiger partial charge in [0.25, 0.3) is 0 Å². The first-order valence-corrected chi connectivity index (χ1v) is 7.14. The Bertz CT molecular complexity index is 541. The summed E-state index contributed by atoms with van der Waals surface area (Å²) in [5, 5.41) is 5.44. The fourth-order valence-electron chi connectivity index (χ4n) is 2.10. The molecule has 0 aliphatic carbocycles. The molecule has 0 fully saturated rings. The summed E-state index contributed by atoms with van der Waals surface area (Å²) >= 11 is 0. The first-order chi connectivity index (χ1) is 10.6. The van der Waals surface area contributed by atoms with E-state index in [9.17, 15) is 13.2 Å². The lowest BCUT2D eigenvalue weighted by atomic mass is 10.2. The zero-order valence-corrected chi connectivity index (χ0v) is 12.1. The Morgan fingerprint density at radius 1 is 0.773 bits per heavy atom. The second kappa shape index (κ2) is 7.96. The van der Waals surface area contributed by atoms with Crippen molar-refractivity contribution in [3.8, 4) is 0 Å². The van der Waals surface area contributed by atoms with Crippen LogP contribution >= 0.6 is 0 Å². The molecule has 2 aromatic carbocycles.